The summed E-state index contributed by atoms with van der Waals surface area (Å²) >= 11 is 23.9. The summed E-state index contributed by atoms with van der Waals surface area (Å²) in [4.78, 5) is 8.36. The smallest absolute Gasteiger partial charge is 0.169 e. The number of halogens is 3. The molecule has 0 atom stereocenters. The van der Waals surface area contributed by atoms with E-state index in [0.29, 0.717) is 10.0 Å². The lowest BCUT2D eigenvalue weighted by atomic mass is 10.1. The fourth-order valence-electron chi connectivity index (χ4n) is 2.92. The number of piperazine rings is 1. The molecule has 1 saturated heterocycles. The van der Waals surface area contributed by atoms with E-state index in [9.17, 15) is 0 Å². The highest BCUT2D eigenvalue weighted by molar-refractivity contribution is 7.80. The molecule has 2 aromatic rings. The van der Waals surface area contributed by atoms with E-state index >= 15 is 0 Å². The topological polar surface area (TPSA) is 31.4 Å². The molecule has 0 bridgehead atoms. The van der Waals surface area contributed by atoms with Gasteiger partial charge in [-0.3, -0.25) is 4.98 Å². The van der Waals surface area contributed by atoms with Crippen molar-refractivity contribution in [1.29, 1.82) is 0 Å². The molecule has 1 aromatic heterocycles. The van der Waals surface area contributed by atoms with Crippen molar-refractivity contribution in [3.05, 3.63) is 57.3 Å². The predicted octanol–water partition coefficient (Wildman–Crippen LogP) is 4.28. The van der Waals surface area contributed by atoms with Gasteiger partial charge < -0.3 is 15.1 Å². The zero-order valence-corrected chi connectivity index (χ0v) is 17.2. The lowest BCUT2D eigenvalue weighted by Crippen LogP contribution is -2.52. The van der Waals surface area contributed by atoms with E-state index in [0.717, 1.165) is 55.0 Å². The molecule has 1 N–H and O–H groups in total. The molecule has 0 saturated carbocycles. The third kappa shape index (κ3) is 4.92. The number of nitrogens with zero attached hydrogens (tertiary/aromatic N) is 3. The monoisotopic (exact) mass is 428 g/mol. The van der Waals surface area contributed by atoms with Gasteiger partial charge in [-0.1, -0.05) is 46.9 Å². The second kappa shape index (κ2) is 9.09. The number of hydrogen-bond acceptors (Lipinski definition) is 3. The number of thiocarbonyl (C=S) groups is 1. The van der Waals surface area contributed by atoms with Crippen LogP contribution in [0.1, 0.15) is 5.56 Å². The molecular weight excluding hydrogens is 411 g/mol. The Morgan fingerprint density at radius 1 is 1.00 bits per heavy atom. The SMILES string of the molecule is S=C(NCCc1ccc(Cl)cc1)N1CCN(c2c(Cl)cncc2Cl)CC1. The molecule has 26 heavy (non-hydrogen) atoms. The summed E-state index contributed by atoms with van der Waals surface area (Å²) in [5.41, 5.74) is 2.08. The minimum atomic E-state index is 0.578. The van der Waals surface area contributed by atoms with Crippen LogP contribution in [-0.2, 0) is 6.42 Å². The highest BCUT2D eigenvalue weighted by Gasteiger charge is 2.22. The van der Waals surface area contributed by atoms with Gasteiger partial charge in [-0.05, 0) is 36.3 Å². The van der Waals surface area contributed by atoms with Gasteiger partial charge in [0.15, 0.2) is 5.11 Å². The van der Waals surface area contributed by atoms with Crippen LogP contribution in [0.3, 0.4) is 0 Å². The van der Waals surface area contributed by atoms with Gasteiger partial charge in [-0.25, -0.2) is 0 Å². The highest BCUT2D eigenvalue weighted by Crippen LogP contribution is 2.33. The predicted molar refractivity (Wildman–Crippen MR) is 114 cm³/mol. The van der Waals surface area contributed by atoms with E-state index in [4.69, 9.17) is 47.0 Å². The minimum absolute atomic E-state index is 0.578. The number of aromatic nitrogens is 1. The lowest BCUT2D eigenvalue weighted by Gasteiger charge is -2.38. The van der Waals surface area contributed by atoms with Crippen LogP contribution < -0.4 is 10.2 Å². The summed E-state index contributed by atoms with van der Waals surface area (Å²) < 4.78 is 0. The van der Waals surface area contributed by atoms with Crippen LogP contribution in [-0.4, -0.2) is 47.7 Å². The number of rotatable bonds is 4. The van der Waals surface area contributed by atoms with Crippen LogP contribution in [0.15, 0.2) is 36.7 Å². The third-order valence-electron chi connectivity index (χ3n) is 4.31. The van der Waals surface area contributed by atoms with E-state index in [1.54, 1.807) is 12.4 Å². The number of benzene rings is 1. The molecule has 2 heterocycles. The highest BCUT2D eigenvalue weighted by atomic mass is 35.5. The first kappa shape index (κ1) is 19.5. The summed E-state index contributed by atoms with van der Waals surface area (Å²) in [6.45, 7) is 4.05. The van der Waals surface area contributed by atoms with Crippen LogP contribution >= 0.6 is 47.0 Å². The molecule has 1 aliphatic heterocycles. The van der Waals surface area contributed by atoms with E-state index < -0.39 is 0 Å². The Bertz CT molecular complexity index is 741. The van der Waals surface area contributed by atoms with E-state index in [1.165, 1.54) is 5.56 Å². The molecule has 8 heteroatoms. The molecule has 0 spiro atoms. The fraction of sp³-hybridized carbons (Fsp3) is 0.333. The maximum Gasteiger partial charge on any atom is 0.169 e. The van der Waals surface area contributed by atoms with Gasteiger partial charge in [-0.2, -0.15) is 0 Å². The van der Waals surface area contributed by atoms with Gasteiger partial charge in [-0.15, -0.1) is 0 Å². The number of pyridine rings is 1. The summed E-state index contributed by atoms with van der Waals surface area (Å²) in [7, 11) is 0. The third-order valence-corrected chi connectivity index (χ3v) is 5.52. The first-order chi connectivity index (χ1) is 12.5. The van der Waals surface area contributed by atoms with Crippen molar-refractivity contribution in [2.24, 2.45) is 0 Å². The van der Waals surface area contributed by atoms with Crippen molar-refractivity contribution in [2.75, 3.05) is 37.6 Å². The summed E-state index contributed by atoms with van der Waals surface area (Å²) in [6, 6.07) is 7.88. The lowest BCUT2D eigenvalue weighted by molar-refractivity contribution is 0.380. The second-order valence-electron chi connectivity index (χ2n) is 6.03. The molecule has 3 rings (SSSR count). The quantitative estimate of drug-likeness (QED) is 0.733. The molecular formula is C18H19Cl3N4S. The Morgan fingerprint density at radius 2 is 1.62 bits per heavy atom. The van der Waals surface area contributed by atoms with Gasteiger partial charge in [0, 0.05) is 50.1 Å². The van der Waals surface area contributed by atoms with Gasteiger partial charge in [0.1, 0.15) is 0 Å². The van der Waals surface area contributed by atoms with Crippen LogP contribution in [0.25, 0.3) is 0 Å². The van der Waals surface area contributed by atoms with Crippen LogP contribution in [0.2, 0.25) is 15.1 Å². The van der Waals surface area contributed by atoms with E-state index in [2.05, 4.69) is 20.1 Å². The summed E-state index contributed by atoms with van der Waals surface area (Å²) in [5.74, 6) is 0. The normalized spacial score (nSPS) is 14.4. The Kier molecular flexibility index (Phi) is 6.81. The van der Waals surface area contributed by atoms with E-state index in [1.807, 2.05) is 24.3 Å². The van der Waals surface area contributed by atoms with Crippen LogP contribution in [0.4, 0.5) is 5.69 Å². The summed E-state index contributed by atoms with van der Waals surface area (Å²) in [5, 5.41) is 6.03. The number of hydrogen-bond donors (Lipinski definition) is 1. The van der Waals surface area contributed by atoms with Crippen molar-refractivity contribution in [3.8, 4) is 0 Å². The standard InChI is InChI=1S/C18H19Cl3N4S/c19-14-3-1-13(2-4-14)5-6-23-18(26)25-9-7-24(8-10-25)17-15(20)11-22-12-16(17)21/h1-4,11-12H,5-10H2,(H,23,26). The minimum Gasteiger partial charge on any atom is -0.365 e. The van der Waals surface area contributed by atoms with Gasteiger partial charge in [0.25, 0.3) is 0 Å². The maximum absolute atomic E-state index is 6.25. The molecule has 0 unspecified atom stereocenters. The van der Waals surface area contributed by atoms with Crippen LogP contribution in [0.5, 0.6) is 0 Å². The molecule has 1 aliphatic rings. The van der Waals surface area contributed by atoms with Gasteiger partial charge >= 0.3 is 0 Å². The second-order valence-corrected chi connectivity index (χ2v) is 7.67. The number of nitrogens with one attached hydrogen (secondary N) is 1. The molecule has 0 amide bonds. The van der Waals surface area contributed by atoms with Gasteiger partial charge in [0.2, 0.25) is 0 Å². The molecule has 138 valence electrons. The largest absolute Gasteiger partial charge is 0.365 e. The fourth-order valence-corrected chi connectivity index (χ4v) is 3.93. The van der Waals surface area contributed by atoms with Crippen molar-refractivity contribution in [2.45, 2.75) is 6.42 Å². The summed E-state index contributed by atoms with van der Waals surface area (Å²) in [6.07, 6.45) is 4.15. The molecule has 4 nitrogen and oxygen atoms in total. The first-order valence-corrected chi connectivity index (χ1v) is 9.90. The molecule has 0 aliphatic carbocycles. The van der Waals surface area contributed by atoms with E-state index in [-0.39, 0.29) is 0 Å². The molecule has 1 fully saturated rings. The Morgan fingerprint density at radius 3 is 2.23 bits per heavy atom. The number of anilines is 1. The van der Waals surface area contributed by atoms with Gasteiger partial charge in [0.05, 0.1) is 15.7 Å². The zero-order valence-electron chi connectivity index (χ0n) is 14.1. The van der Waals surface area contributed by atoms with Crippen molar-refractivity contribution in [3.63, 3.8) is 0 Å². The first-order valence-electron chi connectivity index (χ1n) is 8.36. The Hall–Kier alpha value is -1.27. The van der Waals surface area contributed by atoms with Crippen molar-refractivity contribution in [1.82, 2.24) is 15.2 Å². The van der Waals surface area contributed by atoms with Crippen LogP contribution in [0, 0.1) is 0 Å². The Balaban J connectivity index is 1.47. The van der Waals surface area contributed by atoms with Crippen molar-refractivity contribution >= 4 is 57.8 Å². The molecule has 1 aromatic carbocycles. The average Bonchev–Trinajstić information content (AvgIpc) is 2.64. The maximum atomic E-state index is 6.25. The van der Waals surface area contributed by atoms with Crippen molar-refractivity contribution < 1.29 is 0 Å². The average molecular weight is 430 g/mol. The molecule has 0 radical (unpaired) electrons. The Labute approximate surface area is 174 Å². The zero-order chi connectivity index (χ0) is 18.5.